The lowest BCUT2D eigenvalue weighted by Crippen LogP contribution is -2.58. The topological polar surface area (TPSA) is 36.5 Å². The second kappa shape index (κ2) is 5.07. The van der Waals surface area contributed by atoms with Crippen LogP contribution in [0.1, 0.15) is 6.92 Å². The molecule has 2 saturated heterocycles. The van der Waals surface area contributed by atoms with Gasteiger partial charge in [0, 0.05) is 38.8 Å². The normalized spacial score (nSPS) is 30.2. The summed E-state index contributed by atoms with van der Waals surface area (Å²) in [5.41, 5.74) is 0. The van der Waals surface area contributed by atoms with Gasteiger partial charge in [0.2, 0.25) is 0 Å². The highest BCUT2D eigenvalue weighted by Crippen LogP contribution is 2.04. The van der Waals surface area contributed by atoms with E-state index in [2.05, 4.69) is 22.5 Å². The molecule has 4 heteroatoms. The van der Waals surface area contributed by atoms with Crippen LogP contribution in [0.2, 0.25) is 0 Å². The van der Waals surface area contributed by atoms with Gasteiger partial charge in [0.1, 0.15) is 0 Å². The van der Waals surface area contributed by atoms with E-state index in [0.29, 0.717) is 12.1 Å². The minimum absolute atomic E-state index is 0.393. The van der Waals surface area contributed by atoms with Crippen LogP contribution in [0.3, 0.4) is 0 Å². The second-order valence-corrected chi connectivity index (χ2v) is 4.15. The number of ether oxygens (including phenoxy) is 1. The zero-order valence-corrected chi connectivity index (χ0v) is 8.96. The van der Waals surface area contributed by atoms with Crippen LogP contribution in [0, 0.1) is 0 Å². The highest BCUT2D eigenvalue weighted by Gasteiger charge is 2.22. The van der Waals surface area contributed by atoms with Crippen molar-refractivity contribution in [3.8, 4) is 0 Å². The van der Waals surface area contributed by atoms with Crippen LogP contribution in [0.15, 0.2) is 0 Å². The molecule has 1 unspecified atom stereocenters. The molecule has 2 heterocycles. The molecule has 0 spiro atoms. The summed E-state index contributed by atoms with van der Waals surface area (Å²) < 4.78 is 5.70. The Bertz CT molecular complexity index is 173. The summed E-state index contributed by atoms with van der Waals surface area (Å²) >= 11 is 0. The molecule has 0 bridgehead atoms. The number of hydrogen-bond donors (Lipinski definition) is 2. The van der Waals surface area contributed by atoms with Crippen molar-refractivity contribution < 1.29 is 4.74 Å². The highest BCUT2D eigenvalue weighted by molar-refractivity contribution is 4.83. The summed E-state index contributed by atoms with van der Waals surface area (Å²) in [6.45, 7) is 9.67. The van der Waals surface area contributed by atoms with Crippen LogP contribution in [0.5, 0.6) is 0 Å². The lowest BCUT2D eigenvalue weighted by atomic mass is 10.1. The van der Waals surface area contributed by atoms with Crippen molar-refractivity contribution in [3.05, 3.63) is 0 Å². The standard InChI is InChI=1S/C10H21N3O/c1-2-13-3-4-14-10(8-13)7-12-9-5-11-6-9/h9-12H,2-8H2,1H3. The molecule has 2 N–H and O–H groups in total. The molecule has 0 aromatic carbocycles. The minimum atomic E-state index is 0.393. The maximum Gasteiger partial charge on any atom is 0.0826 e. The summed E-state index contributed by atoms with van der Waals surface area (Å²) in [5, 5.41) is 6.77. The molecule has 2 aliphatic rings. The first-order valence-corrected chi connectivity index (χ1v) is 5.66. The maximum atomic E-state index is 5.70. The van der Waals surface area contributed by atoms with Gasteiger partial charge in [0.15, 0.2) is 0 Å². The van der Waals surface area contributed by atoms with Crippen LogP contribution >= 0.6 is 0 Å². The van der Waals surface area contributed by atoms with E-state index in [-0.39, 0.29) is 0 Å². The highest BCUT2D eigenvalue weighted by atomic mass is 16.5. The van der Waals surface area contributed by atoms with Crippen molar-refractivity contribution in [1.29, 1.82) is 0 Å². The lowest BCUT2D eigenvalue weighted by Gasteiger charge is -2.35. The Balaban J connectivity index is 1.63. The van der Waals surface area contributed by atoms with Crippen molar-refractivity contribution in [1.82, 2.24) is 15.5 Å². The Morgan fingerprint density at radius 1 is 1.50 bits per heavy atom. The van der Waals surface area contributed by atoms with E-state index in [1.165, 1.54) is 0 Å². The van der Waals surface area contributed by atoms with Gasteiger partial charge in [-0.1, -0.05) is 6.92 Å². The van der Waals surface area contributed by atoms with E-state index >= 15 is 0 Å². The largest absolute Gasteiger partial charge is 0.374 e. The second-order valence-electron chi connectivity index (χ2n) is 4.15. The first kappa shape index (κ1) is 10.4. The molecule has 2 aliphatic heterocycles. The smallest absolute Gasteiger partial charge is 0.0826 e. The Labute approximate surface area is 86.0 Å². The molecule has 4 nitrogen and oxygen atoms in total. The number of morpholine rings is 1. The maximum absolute atomic E-state index is 5.70. The molecule has 0 amide bonds. The van der Waals surface area contributed by atoms with Crippen LogP contribution < -0.4 is 10.6 Å². The Kier molecular flexibility index (Phi) is 3.75. The SMILES string of the molecule is CCN1CCOC(CNC2CNC2)C1. The number of rotatable bonds is 4. The molecule has 82 valence electrons. The fraction of sp³-hybridized carbons (Fsp3) is 1.00. The van der Waals surface area contributed by atoms with Gasteiger partial charge in [0.05, 0.1) is 12.7 Å². The summed E-state index contributed by atoms with van der Waals surface area (Å²) in [7, 11) is 0. The van der Waals surface area contributed by atoms with E-state index in [1.807, 2.05) is 0 Å². The van der Waals surface area contributed by atoms with Crippen molar-refractivity contribution >= 4 is 0 Å². The van der Waals surface area contributed by atoms with E-state index in [9.17, 15) is 0 Å². The van der Waals surface area contributed by atoms with E-state index < -0.39 is 0 Å². The summed E-state index contributed by atoms with van der Waals surface area (Å²) in [4.78, 5) is 2.45. The summed E-state index contributed by atoms with van der Waals surface area (Å²) in [5.74, 6) is 0. The summed E-state index contributed by atoms with van der Waals surface area (Å²) in [6.07, 6.45) is 0.393. The third kappa shape index (κ3) is 2.67. The van der Waals surface area contributed by atoms with Crippen molar-refractivity contribution in [2.75, 3.05) is 45.9 Å². The fourth-order valence-corrected chi connectivity index (χ4v) is 1.92. The predicted molar refractivity (Wildman–Crippen MR) is 56.5 cm³/mol. The molecular formula is C10H21N3O. The molecule has 0 aromatic rings. The van der Waals surface area contributed by atoms with Gasteiger partial charge in [-0.05, 0) is 6.54 Å². The van der Waals surface area contributed by atoms with Gasteiger partial charge in [-0.3, -0.25) is 4.90 Å². The molecule has 0 aliphatic carbocycles. The summed E-state index contributed by atoms with van der Waals surface area (Å²) in [6, 6.07) is 0.676. The average Bonchev–Trinajstić information content (AvgIpc) is 2.16. The van der Waals surface area contributed by atoms with Crippen molar-refractivity contribution in [2.45, 2.75) is 19.1 Å². The lowest BCUT2D eigenvalue weighted by molar-refractivity contribution is -0.0269. The molecule has 0 radical (unpaired) electrons. The van der Waals surface area contributed by atoms with E-state index in [1.54, 1.807) is 0 Å². The molecule has 0 saturated carbocycles. The number of likely N-dealkylation sites (N-methyl/N-ethyl adjacent to an activating group) is 1. The molecule has 2 rings (SSSR count). The van der Waals surface area contributed by atoms with Crippen LogP contribution in [0.25, 0.3) is 0 Å². The number of hydrogen-bond acceptors (Lipinski definition) is 4. The Hall–Kier alpha value is -0.160. The number of nitrogens with one attached hydrogen (secondary N) is 2. The van der Waals surface area contributed by atoms with Crippen molar-refractivity contribution in [2.24, 2.45) is 0 Å². The minimum Gasteiger partial charge on any atom is -0.374 e. The molecule has 0 aromatic heterocycles. The van der Waals surface area contributed by atoms with Crippen LogP contribution in [-0.4, -0.2) is 62.9 Å². The van der Waals surface area contributed by atoms with Gasteiger partial charge < -0.3 is 15.4 Å². The van der Waals surface area contributed by atoms with Gasteiger partial charge >= 0.3 is 0 Å². The zero-order chi connectivity index (χ0) is 9.80. The van der Waals surface area contributed by atoms with Crippen LogP contribution in [0.4, 0.5) is 0 Å². The zero-order valence-electron chi connectivity index (χ0n) is 8.96. The fourth-order valence-electron chi connectivity index (χ4n) is 1.92. The van der Waals surface area contributed by atoms with E-state index in [4.69, 9.17) is 4.74 Å². The van der Waals surface area contributed by atoms with Gasteiger partial charge in [-0.2, -0.15) is 0 Å². The van der Waals surface area contributed by atoms with Crippen molar-refractivity contribution in [3.63, 3.8) is 0 Å². The first-order valence-electron chi connectivity index (χ1n) is 5.66. The predicted octanol–water partition coefficient (Wildman–Crippen LogP) is -0.731. The first-order chi connectivity index (χ1) is 6.88. The van der Waals surface area contributed by atoms with Gasteiger partial charge in [-0.15, -0.1) is 0 Å². The quantitative estimate of drug-likeness (QED) is 0.626. The third-order valence-electron chi connectivity index (χ3n) is 3.09. The molecule has 1 atom stereocenters. The van der Waals surface area contributed by atoms with Gasteiger partial charge in [-0.25, -0.2) is 0 Å². The van der Waals surface area contributed by atoms with E-state index in [0.717, 1.165) is 45.9 Å². The molecular weight excluding hydrogens is 178 g/mol. The molecule has 14 heavy (non-hydrogen) atoms. The average molecular weight is 199 g/mol. The third-order valence-corrected chi connectivity index (χ3v) is 3.09. The Morgan fingerprint density at radius 3 is 3.00 bits per heavy atom. The number of nitrogens with zero attached hydrogens (tertiary/aromatic N) is 1. The monoisotopic (exact) mass is 199 g/mol. The van der Waals surface area contributed by atoms with Gasteiger partial charge in [0.25, 0.3) is 0 Å². The molecule has 2 fully saturated rings. The van der Waals surface area contributed by atoms with Crippen LogP contribution in [-0.2, 0) is 4.74 Å². The Morgan fingerprint density at radius 2 is 2.36 bits per heavy atom.